The van der Waals surface area contributed by atoms with Gasteiger partial charge in [-0.1, -0.05) is 6.42 Å². The lowest BCUT2D eigenvalue weighted by atomic mass is 10.2. The van der Waals surface area contributed by atoms with E-state index in [1.54, 1.807) is 0 Å². The van der Waals surface area contributed by atoms with Crippen molar-refractivity contribution >= 4 is 5.91 Å². The first-order valence-electron chi connectivity index (χ1n) is 7.38. The van der Waals surface area contributed by atoms with Crippen LogP contribution in [0.2, 0.25) is 0 Å². The lowest BCUT2D eigenvalue weighted by Crippen LogP contribution is -2.36. The normalized spacial score (nSPS) is 15.8. The van der Waals surface area contributed by atoms with Crippen LogP contribution in [-0.2, 0) is 4.74 Å². The Morgan fingerprint density at radius 3 is 2.90 bits per heavy atom. The molecule has 21 heavy (non-hydrogen) atoms. The molecule has 0 unspecified atom stereocenters. The molecule has 2 rings (SSSR count). The molecular formula is C14H22N4O3. The van der Waals surface area contributed by atoms with Crippen molar-refractivity contribution in [1.82, 2.24) is 20.2 Å². The number of unbranched alkanes of at least 4 members (excludes halogenated alkanes) is 2. The number of hydrogen-bond donors (Lipinski definition) is 2. The van der Waals surface area contributed by atoms with E-state index in [4.69, 9.17) is 4.74 Å². The number of aromatic amines is 1. The van der Waals surface area contributed by atoms with Gasteiger partial charge in [0.2, 0.25) is 0 Å². The van der Waals surface area contributed by atoms with Gasteiger partial charge in [0.15, 0.2) is 0 Å². The smallest absolute Gasteiger partial charge is 0.263 e. The molecule has 1 aromatic rings. The van der Waals surface area contributed by atoms with E-state index in [2.05, 4.69) is 20.2 Å². The zero-order valence-corrected chi connectivity index (χ0v) is 12.1. The molecule has 2 heterocycles. The van der Waals surface area contributed by atoms with Gasteiger partial charge in [0, 0.05) is 25.8 Å². The van der Waals surface area contributed by atoms with E-state index < -0.39 is 5.56 Å². The van der Waals surface area contributed by atoms with E-state index in [9.17, 15) is 9.59 Å². The maximum Gasteiger partial charge on any atom is 0.263 e. The number of hydrogen-bond acceptors (Lipinski definition) is 5. The van der Waals surface area contributed by atoms with Crippen molar-refractivity contribution in [3.63, 3.8) is 0 Å². The molecule has 0 aliphatic carbocycles. The standard InChI is InChI=1S/C14H22N4O3/c19-13(12-10-15-11-17-14(12)20)16-4-2-1-3-5-18-6-8-21-9-7-18/h10-11H,1-9H2,(H,16,19)(H,15,17,20). The number of H-pyrrole nitrogens is 1. The van der Waals surface area contributed by atoms with Crippen LogP contribution in [0.25, 0.3) is 0 Å². The summed E-state index contributed by atoms with van der Waals surface area (Å²) in [5.41, 5.74) is -0.347. The third-order valence-corrected chi connectivity index (χ3v) is 3.50. The molecule has 0 spiro atoms. The van der Waals surface area contributed by atoms with Crippen LogP contribution in [-0.4, -0.2) is 60.2 Å². The number of amides is 1. The summed E-state index contributed by atoms with van der Waals surface area (Å²) in [6, 6.07) is 0. The first kappa shape index (κ1) is 15.7. The number of ether oxygens (including phenoxy) is 1. The Morgan fingerprint density at radius 2 is 2.14 bits per heavy atom. The summed E-state index contributed by atoms with van der Waals surface area (Å²) in [5, 5.41) is 2.75. The molecule has 116 valence electrons. The third kappa shape index (κ3) is 5.28. The molecule has 1 saturated heterocycles. The van der Waals surface area contributed by atoms with Crippen molar-refractivity contribution < 1.29 is 9.53 Å². The minimum Gasteiger partial charge on any atom is -0.379 e. The van der Waals surface area contributed by atoms with E-state index in [1.165, 1.54) is 12.5 Å². The minimum absolute atomic E-state index is 0.0609. The zero-order chi connectivity index (χ0) is 14.9. The van der Waals surface area contributed by atoms with Crippen molar-refractivity contribution in [2.75, 3.05) is 39.4 Å². The molecule has 1 aliphatic heterocycles. The molecule has 1 aliphatic rings. The Hall–Kier alpha value is -1.73. The molecule has 0 bridgehead atoms. The molecular weight excluding hydrogens is 272 g/mol. The first-order valence-corrected chi connectivity index (χ1v) is 7.38. The summed E-state index contributed by atoms with van der Waals surface area (Å²) in [4.78, 5) is 31.7. The van der Waals surface area contributed by atoms with Crippen LogP contribution in [0.4, 0.5) is 0 Å². The minimum atomic E-state index is -0.408. The summed E-state index contributed by atoms with van der Waals surface area (Å²) in [5.74, 6) is -0.363. The number of carbonyl (C=O) groups excluding carboxylic acids is 1. The van der Waals surface area contributed by atoms with Crippen LogP contribution < -0.4 is 10.9 Å². The fourth-order valence-corrected chi connectivity index (χ4v) is 2.26. The molecule has 1 amide bonds. The lowest BCUT2D eigenvalue weighted by Gasteiger charge is -2.26. The molecule has 0 radical (unpaired) electrons. The van der Waals surface area contributed by atoms with E-state index in [-0.39, 0.29) is 11.5 Å². The Labute approximate surface area is 123 Å². The first-order chi connectivity index (χ1) is 10.3. The zero-order valence-electron chi connectivity index (χ0n) is 12.1. The van der Waals surface area contributed by atoms with Gasteiger partial charge in [-0.3, -0.25) is 14.5 Å². The summed E-state index contributed by atoms with van der Waals surface area (Å²) in [7, 11) is 0. The predicted molar refractivity (Wildman–Crippen MR) is 78.3 cm³/mol. The van der Waals surface area contributed by atoms with Crippen molar-refractivity contribution in [3.05, 3.63) is 28.4 Å². The second-order valence-electron chi connectivity index (χ2n) is 5.06. The quantitative estimate of drug-likeness (QED) is 0.691. The summed E-state index contributed by atoms with van der Waals surface area (Å²) >= 11 is 0. The van der Waals surface area contributed by atoms with Crippen molar-refractivity contribution in [3.8, 4) is 0 Å². The molecule has 7 nitrogen and oxygen atoms in total. The van der Waals surface area contributed by atoms with Gasteiger partial charge in [0.1, 0.15) is 5.56 Å². The van der Waals surface area contributed by atoms with Crippen LogP contribution >= 0.6 is 0 Å². The van der Waals surface area contributed by atoms with Gasteiger partial charge in [-0.2, -0.15) is 0 Å². The van der Waals surface area contributed by atoms with Crippen LogP contribution in [0, 0.1) is 0 Å². The maximum absolute atomic E-state index is 11.8. The highest BCUT2D eigenvalue weighted by molar-refractivity contribution is 5.93. The molecule has 2 N–H and O–H groups in total. The highest BCUT2D eigenvalue weighted by Gasteiger charge is 2.10. The largest absolute Gasteiger partial charge is 0.379 e. The lowest BCUT2D eigenvalue weighted by molar-refractivity contribution is 0.0371. The van der Waals surface area contributed by atoms with Gasteiger partial charge in [0.25, 0.3) is 11.5 Å². The van der Waals surface area contributed by atoms with Crippen molar-refractivity contribution in [2.24, 2.45) is 0 Å². The predicted octanol–water partition coefficient (Wildman–Crippen LogP) is 0.00220. The average Bonchev–Trinajstić information content (AvgIpc) is 2.52. The highest BCUT2D eigenvalue weighted by Crippen LogP contribution is 2.01. The number of morpholine rings is 1. The third-order valence-electron chi connectivity index (χ3n) is 3.50. The Balaban J connectivity index is 1.56. The van der Waals surface area contributed by atoms with E-state index in [1.807, 2.05) is 0 Å². The van der Waals surface area contributed by atoms with Gasteiger partial charge < -0.3 is 15.0 Å². The van der Waals surface area contributed by atoms with Gasteiger partial charge in [-0.25, -0.2) is 4.98 Å². The fourth-order valence-electron chi connectivity index (χ4n) is 2.26. The Bertz CT molecular complexity index is 497. The van der Waals surface area contributed by atoms with Gasteiger partial charge in [-0.15, -0.1) is 0 Å². The van der Waals surface area contributed by atoms with Crippen LogP contribution in [0.5, 0.6) is 0 Å². The monoisotopic (exact) mass is 294 g/mol. The maximum atomic E-state index is 11.8. The highest BCUT2D eigenvalue weighted by atomic mass is 16.5. The van der Waals surface area contributed by atoms with Crippen LogP contribution in [0.15, 0.2) is 17.3 Å². The summed E-state index contributed by atoms with van der Waals surface area (Å²) in [6.45, 7) is 5.35. The molecule has 7 heteroatoms. The fraction of sp³-hybridized carbons (Fsp3) is 0.643. The topological polar surface area (TPSA) is 87.3 Å². The summed E-state index contributed by atoms with van der Waals surface area (Å²) < 4.78 is 5.30. The second-order valence-corrected chi connectivity index (χ2v) is 5.06. The number of nitrogens with one attached hydrogen (secondary N) is 2. The number of rotatable bonds is 7. The Morgan fingerprint density at radius 1 is 1.33 bits per heavy atom. The number of aromatic nitrogens is 2. The molecule has 1 fully saturated rings. The van der Waals surface area contributed by atoms with E-state index in [0.29, 0.717) is 6.54 Å². The van der Waals surface area contributed by atoms with Crippen LogP contribution in [0.1, 0.15) is 29.6 Å². The van der Waals surface area contributed by atoms with Crippen molar-refractivity contribution in [1.29, 1.82) is 0 Å². The molecule has 1 aromatic heterocycles. The molecule has 0 atom stereocenters. The van der Waals surface area contributed by atoms with E-state index in [0.717, 1.165) is 52.1 Å². The Kier molecular flexibility index (Phi) is 6.36. The molecule has 0 saturated carbocycles. The second kappa shape index (κ2) is 8.53. The number of nitrogens with zero attached hydrogens (tertiary/aromatic N) is 2. The number of carbonyl (C=O) groups is 1. The SMILES string of the molecule is O=C(NCCCCCN1CCOCC1)c1cnc[nH]c1=O. The van der Waals surface area contributed by atoms with Gasteiger partial charge >= 0.3 is 0 Å². The molecule has 0 aromatic carbocycles. The van der Waals surface area contributed by atoms with E-state index >= 15 is 0 Å². The van der Waals surface area contributed by atoms with Crippen LogP contribution in [0.3, 0.4) is 0 Å². The van der Waals surface area contributed by atoms with Gasteiger partial charge in [0.05, 0.1) is 19.5 Å². The van der Waals surface area contributed by atoms with Crippen molar-refractivity contribution in [2.45, 2.75) is 19.3 Å². The van der Waals surface area contributed by atoms with Gasteiger partial charge in [-0.05, 0) is 19.4 Å². The average molecular weight is 294 g/mol. The summed E-state index contributed by atoms with van der Waals surface area (Å²) in [6.07, 6.45) is 5.63.